The number of pyridine rings is 1. The van der Waals surface area contributed by atoms with Crippen molar-refractivity contribution in [3.63, 3.8) is 0 Å². The van der Waals surface area contributed by atoms with Crippen LogP contribution >= 0.6 is 0 Å². The molecule has 3 aromatic heterocycles. The average Bonchev–Trinajstić information content (AvgIpc) is 2.66. The third kappa shape index (κ3) is 3.23. The van der Waals surface area contributed by atoms with E-state index in [1.165, 1.54) is 6.33 Å². The van der Waals surface area contributed by atoms with Crippen LogP contribution in [-0.2, 0) is 19.5 Å². The van der Waals surface area contributed by atoms with Gasteiger partial charge in [-0.05, 0) is 18.6 Å². The number of rotatable bonds is 3. The molecule has 4 rings (SSSR count). The maximum Gasteiger partial charge on any atom is 0.255 e. The molecule has 0 amide bonds. The molecule has 0 aromatic carbocycles. The molecule has 8 heteroatoms. The van der Waals surface area contributed by atoms with Crippen molar-refractivity contribution in [3.8, 4) is 11.4 Å². The lowest BCUT2D eigenvalue weighted by molar-refractivity contribution is 0.241. The van der Waals surface area contributed by atoms with Gasteiger partial charge in [0, 0.05) is 50.2 Å². The zero-order valence-electron chi connectivity index (χ0n) is 14.2. The molecule has 0 saturated carbocycles. The van der Waals surface area contributed by atoms with Crippen LogP contribution < -0.4 is 5.56 Å². The fourth-order valence-electron chi connectivity index (χ4n) is 3.13. The minimum Gasteiger partial charge on any atom is -0.306 e. The van der Waals surface area contributed by atoms with Gasteiger partial charge in [0.2, 0.25) is 5.95 Å². The average molecular weight is 352 g/mol. The van der Waals surface area contributed by atoms with Gasteiger partial charge in [-0.3, -0.25) is 9.69 Å². The summed E-state index contributed by atoms with van der Waals surface area (Å²) < 4.78 is 13.3. The minimum absolute atomic E-state index is 0.146. The molecule has 1 aliphatic rings. The van der Waals surface area contributed by atoms with Crippen LogP contribution in [0.5, 0.6) is 0 Å². The normalized spacial score (nSPS) is 14.2. The highest BCUT2D eigenvalue weighted by atomic mass is 19.1. The molecule has 132 valence electrons. The smallest absolute Gasteiger partial charge is 0.255 e. The summed E-state index contributed by atoms with van der Waals surface area (Å²) in [5, 5.41) is 0. The van der Waals surface area contributed by atoms with Crippen molar-refractivity contribution in [2.75, 3.05) is 6.54 Å². The van der Waals surface area contributed by atoms with E-state index >= 15 is 0 Å². The first-order valence-electron chi connectivity index (χ1n) is 8.31. The van der Waals surface area contributed by atoms with Gasteiger partial charge < -0.3 is 4.98 Å². The summed E-state index contributed by atoms with van der Waals surface area (Å²) in [6.45, 7) is 3.58. The summed E-state index contributed by atoms with van der Waals surface area (Å²) in [5.74, 6) is 0.0389. The first kappa shape index (κ1) is 16.5. The number of nitrogens with one attached hydrogen (secondary N) is 1. The van der Waals surface area contributed by atoms with E-state index in [1.54, 1.807) is 31.6 Å². The second-order valence-electron chi connectivity index (χ2n) is 6.38. The monoisotopic (exact) mass is 352 g/mol. The Balaban J connectivity index is 1.57. The number of hydrogen-bond donors (Lipinski definition) is 1. The van der Waals surface area contributed by atoms with E-state index in [-0.39, 0.29) is 5.56 Å². The Kier molecular flexibility index (Phi) is 4.26. The van der Waals surface area contributed by atoms with Gasteiger partial charge in [0.15, 0.2) is 0 Å². The van der Waals surface area contributed by atoms with Crippen molar-refractivity contribution in [2.24, 2.45) is 0 Å². The van der Waals surface area contributed by atoms with Crippen LogP contribution in [0.25, 0.3) is 11.4 Å². The van der Waals surface area contributed by atoms with Gasteiger partial charge in [-0.2, -0.15) is 4.39 Å². The van der Waals surface area contributed by atoms with Crippen molar-refractivity contribution in [1.82, 2.24) is 29.8 Å². The van der Waals surface area contributed by atoms with Gasteiger partial charge in [0.1, 0.15) is 12.2 Å². The lowest BCUT2D eigenvalue weighted by atomic mass is 10.1. The first-order valence-corrected chi connectivity index (χ1v) is 8.31. The van der Waals surface area contributed by atoms with Gasteiger partial charge in [-0.1, -0.05) is 0 Å². The molecule has 0 saturated heterocycles. The van der Waals surface area contributed by atoms with Gasteiger partial charge in [0.25, 0.3) is 5.56 Å². The highest BCUT2D eigenvalue weighted by Crippen LogP contribution is 2.19. The fraction of sp³-hybridized carbons (Fsp3) is 0.278. The highest BCUT2D eigenvalue weighted by molar-refractivity contribution is 5.52. The molecule has 4 heterocycles. The van der Waals surface area contributed by atoms with Crippen molar-refractivity contribution in [2.45, 2.75) is 26.4 Å². The van der Waals surface area contributed by atoms with Crippen molar-refractivity contribution in [3.05, 3.63) is 69.7 Å². The van der Waals surface area contributed by atoms with Gasteiger partial charge in [0.05, 0.1) is 16.8 Å². The minimum atomic E-state index is -0.448. The molecule has 3 aromatic rings. The molecule has 1 N–H and O–H groups in total. The predicted molar refractivity (Wildman–Crippen MR) is 92.6 cm³/mol. The standard InChI is InChI=1S/C18H17FN6O/c1-11-4-12(5-22-16(11)19)8-25-3-2-15-14(9-25)18(26)24-17(23-15)13-6-20-10-21-7-13/h4-7,10H,2-3,8-9H2,1H3,(H,23,24,26). The Bertz CT molecular complexity index is 1000. The number of nitrogens with zero attached hydrogens (tertiary/aromatic N) is 5. The van der Waals surface area contributed by atoms with Gasteiger partial charge in [-0.25, -0.2) is 19.9 Å². The Labute approximate surface area is 149 Å². The Morgan fingerprint density at radius 3 is 2.85 bits per heavy atom. The highest BCUT2D eigenvalue weighted by Gasteiger charge is 2.22. The van der Waals surface area contributed by atoms with Crippen molar-refractivity contribution >= 4 is 0 Å². The Morgan fingerprint density at radius 1 is 1.27 bits per heavy atom. The maximum atomic E-state index is 13.3. The number of halogens is 1. The molecule has 26 heavy (non-hydrogen) atoms. The van der Waals surface area contributed by atoms with Crippen LogP contribution in [0.3, 0.4) is 0 Å². The number of aryl methyl sites for hydroxylation is 1. The molecule has 1 aliphatic heterocycles. The quantitative estimate of drug-likeness (QED) is 0.721. The third-order valence-corrected chi connectivity index (χ3v) is 4.46. The Hall–Kier alpha value is -3.00. The first-order chi connectivity index (χ1) is 12.6. The molecule has 0 unspecified atom stereocenters. The summed E-state index contributed by atoms with van der Waals surface area (Å²) in [4.78, 5) is 33.8. The zero-order valence-corrected chi connectivity index (χ0v) is 14.2. The lowest BCUT2D eigenvalue weighted by Crippen LogP contribution is -2.35. The number of fused-ring (bicyclic) bond motifs is 1. The molecular weight excluding hydrogens is 335 g/mol. The zero-order chi connectivity index (χ0) is 18.1. The van der Waals surface area contributed by atoms with Crippen molar-refractivity contribution in [1.29, 1.82) is 0 Å². The number of hydrogen-bond acceptors (Lipinski definition) is 6. The predicted octanol–water partition coefficient (Wildman–Crippen LogP) is 1.63. The number of aromatic nitrogens is 5. The summed E-state index contributed by atoms with van der Waals surface area (Å²) in [7, 11) is 0. The second kappa shape index (κ2) is 6.72. The summed E-state index contributed by atoms with van der Waals surface area (Å²) in [6.07, 6.45) is 6.89. The van der Waals surface area contributed by atoms with Crippen LogP contribution in [0.2, 0.25) is 0 Å². The van der Waals surface area contributed by atoms with E-state index < -0.39 is 5.95 Å². The summed E-state index contributed by atoms with van der Waals surface area (Å²) in [6, 6.07) is 1.79. The van der Waals surface area contributed by atoms with E-state index in [0.717, 1.165) is 17.8 Å². The van der Waals surface area contributed by atoms with E-state index in [0.29, 0.717) is 42.0 Å². The van der Waals surface area contributed by atoms with E-state index in [2.05, 4.69) is 29.8 Å². The Morgan fingerprint density at radius 2 is 2.08 bits per heavy atom. The van der Waals surface area contributed by atoms with Crippen LogP contribution in [0, 0.1) is 12.9 Å². The number of H-pyrrole nitrogens is 1. The van der Waals surface area contributed by atoms with Crippen LogP contribution in [0.4, 0.5) is 4.39 Å². The molecule has 7 nitrogen and oxygen atoms in total. The summed E-state index contributed by atoms with van der Waals surface area (Å²) >= 11 is 0. The van der Waals surface area contributed by atoms with E-state index in [1.807, 2.05) is 0 Å². The molecular formula is C18H17FN6O. The third-order valence-electron chi connectivity index (χ3n) is 4.46. The lowest BCUT2D eigenvalue weighted by Gasteiger charge is -2.27. The molecule has 0 bridgehead atoms. The van der Waals surface area contributed by atoms with Gasteiger partial charge in [-0.15, -0.1) is 0 Å². The largest absolute Gasteiger partial charge is 0.306 e. The van der Waals surface area contributed by atoms with Crippen LogP contribution in [0.1, 0.15) is 22.4 Å². The molecule has 0 aliphatic carbocycles. The van der Waals surface area contributed by atoms with Gasteiger partial charge >= 0.3 is 0 Å². The van der Waals surface area contributed by atoms with Crippen LogP contribution in [0.15, 0.2) is 35.8 Å². The number of aromatic amines is 1. The summed E-state index contributed by atoms with van der Waals surface area (Å²) in [5.41, 5.74) is 3.46. The van der Waals surface area contributed by atoms with E-state index in [9.17, 15) is 9.18 Å². The second-order valence-corrected chi connectivity index (χ2v) is 6.38. The van der Waals surface area contributed by atoms with E-state index in [4.69, 9.17) is 0 Å². The van der Waals surface area contributed by atoms with Crippen molar-refractivity contribution < 1.29 is 4.39 Å². The topological polar surface area (TPSA) is 87.7 Å². The molecule has 0 spiro atoms. The molecule has 0 radical (unpaired) electrons. The molecule has 0 fully saturated rings. The fourth-order valence-corrected chi connectivity index (χ4v) is 3.13. The molecule has 0 atom stereocenters. The SMILES string of the molecule is Cc1cc(CN2CCc3nc(-c4cncnc4)[nH]c(=O)c3C2)cnc1F. The van der Waals surface area contributed by atoms with Crippen LogP contribution in [-0.4, -0.2) is 36.4 Å². The maximum absolute atomic E-state index is 13.3.